The van der Waals surface area contributed by atoms with E-state index in [0.717, 1.165) is 30.5 Å². The number of carbonyl (C=O) groups is 1. The van der Waals surface area contributed by atoms with Crippen molar-refractivity contribution >= 4 is 40.5 Å². The van der Waals surface area contributed by atoms with E-state index in [4.69, 9.17) is 0 Å². The Morgan fingerprint density at radius 3 is 2.43 bits per heavy atom. The number of aliphatic hydroxyl groups is 1. The number of aryl methyl sites for hydroxylation is 1. The van der Waals surface area contributed by atoms with E-state index in [1.165, 1.54) is 11.1 Å². The molecule has 1 amide bonds. The van der Waals surface area contributed by atoms with Gasteiger partial charge >= 0.3 is 0 Å². The molecule has 230 valence electrons. The summed E-state index contributed by atoms with van der Waals surface area (Å²) in [6.07, 6.45) is 2.11. The van der Waals surface area contributed by atoms with Crippen molar-refractivity contribution in [2.24, 2.45) is 0 Å². The molecule has 0 aromatic heterocycles. The monoisotopic (exact) mass is 616 g/mol. The maximum atomic E-state index is 13.6. The number of nitrogens with one attached hydrogen (secondary N) is 3. The van der Waals surface area contributed by atoms with Crippen molar-refractivity contribution in [1.82, 2.24) is 10.6 Å². The molecule has 1 aliphatic heterocycles. The van der Waals surface area contributed by atoms with Gasteiger partial charge in [0.1, 0.15) is 0 Å². The number of carbonyl (C=O) groups excluding carboxylic acids is 1. The van der Waals surface area contributed by atoms with Crippen molar-refractivity contribution in [3.63, 3.8) is 0 Å². The number of aliphatic hydroxyl groups excluding tert-OH is 1. The molecule has 1 heterocycles. The van der Waals surface area contributed by atoms with Crippen molar-refractivity contribution < 1.29 is 19.0 Å². The first-order valence-corrected chi connectivity index (χ1v) is 16.1. The number of halogens is 1. The second kappa shape index (κ2) is 16.2. The molecule has 3 aromatic carbocycles. The smallest absolute Gasteiger partial charge is 0.251 e. The zero-order valence-corrected chi connectivity index (χ0v) is 26.1. The highest BCUT2D eigenvalue weighted by Crippen LogP contribution is 2.50. The summed E-state index contributed by atoms with van der Waals surface area (Å²) in [5, 5.41) is 20.9. The molecule has 6 N–H and O–H groups in total. The lowest BCUT2D eigenvalue weighted by Gasteiger charge is -2.47. The molecule has 3 aromatic rings. The Labute approximate surface area is 257 Å². The SMILES string of the molecule is CCNc1cc(C(=O)N[C@@H](Cc2ccccc2)[C@H](O)CNCCc2ccc(C)cc2)cc(N2CCCCS2(O)O)c1.Cl. The topological polar surface area (TPSA) is 117 Å². The zero-order chi connectivity index (χ0) is 29.2. The molecule has 0 spiro atoms. The summed E-state index contributed by atoms with van der Waals surface area (Å²) in [6.45, 7) is 6.26. The van der Waals surface area contributed by atoms with Crippen LogP contribution in [0.1, 0.15) is 46.8 Å². The standard InChI is InChI=1S/C32H44N4O4S.ClH/c1-3-34-28-20-27(21-29(22-28)36-17-7-8-18-41(36,39)40)32(38)35-30(19-26-9-5-4-6-10-26)31(37)23-33-16-15-25-13-11-24(2)12-14-25;/h4-6,9-14,20-22,30-31,33-34,37,39-40H,3,7-8,15-19,23H2,1-2H3,(H,35,38);1H/t30-,31+;/m0./s1. The molecule has 1 aliphatic rings. The molecule has 0 bridgehead atoms. The molecule has 0 saturated carbocycles. The highest BCUT2D eigenvalue weighted by molar-refractivity contribution is 8.25. The minimum atomic E-state index is -2.94. The number of amides is 1. The van der Waals surface area contributed by atoms with Gasteiger partial charge in [0.05, 0.1) is 23.6 Å². The number of rotatable bonds is 13. The van der Waals surface area contributed by atoms with Crippen molar-refractivity contribution in [1.29, 1.82) is 0 Å². The fraction of sp³-hybridized carbons (Fsp3) is 0.406. The number of anilines is 2. The lowest BCUT2D eigenvalue weighted by molar-refractivity contribution is 0.0831. The maximum Gasteiger partial charge on any atom is 0.251 e. The van der Waals surface area contributed by atoms with Crippen molar-refractivity contribution in [2.75, 3.05) is 41.6 Å². The van der Waals surface area contributed by atoms with Crippen LogP contribution < -0.4 is 20.3 Å². The van der Waals surface area contributed by atoms with E-state index in [1.807, 2.05) is 43.3 Å². The molecular formula is C32H45ClN4O4S. The minimum Gasteiger partial charge on any atom is -0.390 e. The summed E-state index contributed by atoms with van der Waals surface area (Å²) in [6, 6.07) is 23.0. The second-order valence-corrected chi connectivity index (χ2v) is 12.8. The van der Waals surface area contributed by atoms with Crippen LogP contribution in [0.3, 0.4) is 0 Å². The molecule has 2 atom stereocenters. The molecule has 1 fully saturated rings. The van der Waals surface area contributed by atoms with Gasteiger partial charge in [-0.15, -0.1) is 23.2 Å². The third-order valence-corrected chi connectivity index (χ3v) is 9.31. The highest BCUT2D eigenvalue weighted by atomic mass is 35.5. The summed E-state index contributed by atoms with van der Waals surface area (Å²) >= 11 is 0. The number of hydrogen-bond donors (Lipinski definition) is 6. The lowest BCUT2D eigenvalue weighted by atomic mass is 10.00. The summed E-state index contributed by atoms with van der Waals surface area (Å²) in [7, 11) is -2.94. The van der Waals surface area contributed by atoms with Crippen molar-refractivity contribution in [3.05, 3.63) is 95.1 Å². The van der Waals surface area contributed by atoms with Crippen LogP contribution in [-0.4, -0.2) is 64.2 Å². The Morgan fingerprint density at radius 1 is 1.00 bits per heavy atom. The van der Waals surface area contributed by atoms with Crippen molar-refractivity contribution in [3.8, 4) is 0 Å². The van der Waals surface area contributed by atoms with E-state index >= 15 is 0 Å². The predicted octanol–water partition coefficient (Wildman–Crippen LogP) is 5.65. The Bertz CT molecular complexity index is 1260. The first-order valence-electron chi connectivity index (χ1n) is 14.5. The Balaban J connectivity index is 0.00000484. The molecule has 0 unspecified atom stereocenters. The Kier molecular flexibility index (Phi) is 13.0. The van der Waals surface area contributed by atoms with E-state index in [1.54, 1.807) is 16.4 Å². The average Bonchev–Trinajstić information content (AvgIpc) is 2.96. The van der Waals surface area contributed by atoms with Crippen LogP contribution in [0.15, 0.2) is 72.8 Å². The molecule has 1 saturated heterocycles. The van der Waals surface area contributed by atoms with E-state index in [9.17, 15) is 19.0 Å². The van der Waals surface area contributed by atoms with Crippen LogP contribution in [0.5, 0.6) is 0 Å². The quantitative estimate of drug-likeness (QED) is 0.137. The largest absolute Gasteiger partial charge is 0.390 e. The summed E-state index contributed by atoms with van der Waals surface area (Å²) in [5.41, 5.74) is 5.20. The summed E-state index contributed by atoms with van der Waals surface area (Å²) < 4.78 is 23.1. The third-order valence-electron chi connectivity index (χ3n) is 7.38. The molecule has 42 heavy (non-hydrogen) atoms. The number of hydrogen-bond acceptors (Lipinski definition) is 7. The number of nitrogens with zero attached hydrogens (tertiary/aromatic N) is 1. The van der Waals surface area contributed by atoms with Crippen LogP contribution >= 0.6 is 23.2 Å². The molecule has 0 radical (unpaired) electrons. The first kappa shape index (κ1) is 33.7. The van der Waals surface area contributed by atoms with Crippen LogP contribution in [-0.2, 0) is 12.8 Å². The van der Waals surface area contributed by atoms with Crippen LogP contribution in [0.4, 0.5) is 11.4 Å². The van der Waals surface area contributed by atoms with Gasteiger partial charge in [-0.25, -0.2) is 0 Å². The van der Waals surface area contributed by atoms with Crippen LogP contribution in [0, 0.1) is 6.92 Å². The summed E-state index contributed by atoms with van der Waals surface area (Å²) in [4.78, 5) is 13.6. The van der Waals surface area contributed by atoms with Crippen LogP contribution in [0.25, 0.3) is 0 Å². The summed E-state index contributed by atoms with van der Waals surface area (Å²) in [5.74, 6) is 0.00139. The Morgan fingerprint density at radius 2 is 1.74 bits per heavy atom. The van der Waals surface area contributed by atoms with Gasteiger partial charge in [0.25, 0.3) is 5.91 Å². The number of benzene rings is 3. The van der Waals surface area contributed by atoms with Gasteiger partial charge in [0, 0.05) is 30.9 Å². The molecule has 8 nitrogen and oxygen atoms in total. The van der Waals surface area contributed by atoms with Gasteiger partial charge in [-0.3, -0.25) is 18.2 Å². The third kappa shape index (κ3) is 9.62. The maximum absolute atomic E-state index is 13.6. The predicted molar refractivity (Wildman–Crippen MR) is 177 cm³/mol. The fourth-order valence-electron chi connectivity index (χ4n) is 5.08. The van der Waals surface area contributed by atoms with Gasteiger partial charge in [0.15, 0.2) is 0 Å². The van der Waals surface area contributed by atoms with Gasteiger partial charge in [-0.2, -0.15) is 0 Å². The molecular weight excluding hydrogens is 572 g/mol. The van der Waals surface area contributed by atoms with Crippen molar-refractivity contribution in [2.45, 2.75) is 51.7 Å². The molecule has 10 heteroatoms. The van der Waals surface area contributed by atoms with Gasteiger partial charge < -0.3 is 21.1 Å². The van der Waals surface area contributed by atoms with E-state index in [-0.39, 0.29) is 18.3 Å². The normalized spacial score (nSPS) is 16.5. The average molecular weight is 617 g/mol. The van der Waals surface area contributed by atoms with Gasteiger partial charge in [-0.1, -0.05) is 60.2 Å². The van der Waals surface area contributed by atoms with Crippen LogP contribution in [0.2, 0.25) is 0 Å². The fourth-order valence-corrected chi connectivity index (χ4v) is 6.76. The highest BCUT2D eigenvalue weighted by Gasteiger charge is 2.28. The van der Waals surface area contributed by atoms with E-state index in [0.29, 0.717) is 49.6 Å². The van der Waals surface area contributed by atoms with Gasteiger partial charge in [0.2, 0.25) is 0 Å². The first-order chi connectivity index (χ1) is 19.7. The zero-order valence-electron chi connectivity index (χ0n) is 24.5. The minimum absolute atomic E-state index is 0. The lowest BCUT2D eigenvalue weighted by Crippen LogP contribution is -2.49. The second-order valence-electron chi connectivity index (χ2n) is 10.7. The molecule has 4 rings (SSSR count). The van der Waals surface area contributed by atoms with E-state index < -0.39 is 22.9 Å². The van der Waals surface area contributed by atoms with E-state index in [2.05, 4.69) is 47.1 Å². The van der Waals surface area contributed by atoms with Gasteiger partial charge in [-0.05, 0) is 75.4 Å². The molecule has 0 aliphatic carbocycles. The Hall–Kier alpha value is -2.79.